The van der Waals surface area contributed by atoms with Gasteiger partial charge in [-0.05, 0) is 24.6 Å². The molecule has 0 unspecified atom stereocenters. The maximum Gasteiger partial charge on any atom is 0.0446 e. The number of thioether (sulfide) groups is 1. The summed E-state index contributed by atoms with van der Waals surface area (Å²) in [6, 6.07) is 6.06. The van der Waals surface area contributed by atoms with Gasteiger partial charge in [0.05, 0.1) is 0 Å². The van der Waals surface area contributed by atoms with Crippen molar-refractivity contribution in [2.75, 3.05) is 0 Å². The first-order chi connectivity index (χ1) is 5.90. The molecule has 0 aliphatic carbocycles. The molecule has 72 valence electrons. The van der Waals surface area contributed by atoms with E-state index in [1.54, 1.807) is 0 Å². The predicted octanol–water partition coefficient (Wildman–Crippen LogP) is 4.54. The standard InChI is InChI=1S/C11H15ClS/c1-8-9(12)6-5-7-10(8)13-11(2,3)4/h5-7H,1-4H3. The maximum atomic E-state index is 6.03. The lowest BCUT2D eigenvalue weighted by Crippen LogP contribution is -2.07. The van der Waals surface area contributed by atoms with Crippen LogP contribution in [0.4, 0.5) is 0 Å². The van der Waals surface area contributed by atoms with Crippen LogP contribution in [0, 0.1) is 6.92 Å². The molecule has 0 aliphatic rings. The summed E-state index contributed by atoms with van der Waals surface area (Å²) in [6.07, 6.45) is 0. The number of hydrogen-bond acceptors (Lipinski definition) is 1. The highest BCUT2D eigenvalue weighted by atomic mass is 35.5. The Kier molecular flexibility index (Phi) is 3.31. The van der Waals surface area contributed by atoms with Crippen LogP contribution in [0.3, 0.4) is 0 Å². The second-order valence-corrected chi connectivity index (χ2v) is 6.35. The topological polar surface area (TPSA) is 0 Å². The highest BCUT2D eigenvalue weighted by Crippen LogP contribution is 2.35. The molecule has 0 saturated carbocycles. The van der Waals surface area contributed by atoms with Crippen LogP contribution >= 0.6 is 23.4 Å². The van der Waals surface area contributed by atoms with E-state index in [0.717, 1.165) is 5.02 Å². The van der Waals surface area contributed by atoms with Gasteiger partial charge in [0.2, 0.25) is 0 Å². The fourth-order valence-corrected chi connectivity index (χ4v) is 2.33. The van der Waals surface area contributed by atoms with Crippen molar-refractivity contribution in [1.29, 1.82) is 0 Å². The minimum Gasteiger partial charge on any atom is -0.120 e. The van der Waals surface area contributed by atoms with Gasteiger partial charge < -0.3 is 0 Å². The molecule has 1 aromatic carbocycles. The second kappa shape index (κ2) is 3.93. The van der Waals surface area contributed by atoms with E-state index in [4.69, 9.17) is 11.6 Å². The molecule has 0 heterocycles. The van der Waals surface area contributed by atoms with E-state index >= 15 is 0 Å². The molecule has 1 aromatic rings. The number of benzene rings is 1. The molecule has 0 bridgehead atoms. The van der Waals surface area contributed by atoms with Gasteiger partial charge in [0.1, 0.15) is 0 Å². The first kappa shape index (κ1) is 10.9. The summed E-state index contributed by atoms with van der Waals surface area (Å²) in [6.45, 7) is 8.68. The van der Waals surface area contributed by atoms with Crippen LogP contribution in [0.15, 0.2) is 23.1 Å². The fourth-order valence-electron chi connectivity index (χ4n) is 1.03. The van der Waals surface area contributed by atoms with E-state index in [2.05, 4.69) is 33.8 Å². The number of hydrogen-bond donors (Lipinski definition) is 0. The van der Waals surface area contributed by atoms with Crippen LogP contribution in [-0.2, 0) is 0 Å². The Hall–Kier alpha value is -0.140. The largest absolute Gasteiger partial charge is 0.120 e. The number of rotatable bonds is 1. The van der Waals surface area contributed by atoms with Crippen molar-refractivity contribution in [3.63, 3.8) is 0 Å². The Bertz CT molecular complexity index is 299. The van der Waals surface area contributed by atoms with Gasteiger partial charge in [0, 0.05) is 14.7 Å². The van der Waals surface area contributed by atoms with Gasteiger partial charge in [-0.15, -0.1) is 11.8 Å². The third kappa shape index (κ3) is 3.24. The summed E-state index contributed by atoms with van der Waals surface area (Å²) >= 11 is 7.89. The van der Waals surface area contributed by atoms with Gasteiger partial charge in [0.25, 0.3) is 0 Å². The summed E-state index contributed by atoms with van der Waals surface area (Å²) < 4.78 is 0.245. The minimum atomic E-state index is 0.245. The van der Waals surface area contributed by atoms with Gasteiger partial charge in [-0.1, -0.05) is 38.4 Å². The Morgan fingerprint density at radius 3 is 2.38 bits per heavy atom. The average molecular weight is 215 g/mol. The molecule has 0 atom stereocenters. The molecular weight excluding hydrogens is 200 g/mol. The van der Waals surface area contributed by atoms with Crippen molar-refractivity contribution < 1.29 is 0 Å². The van der Waals surface area contributed by atoms with Crippen LogP contribution < -0.4 is 0 Å². The third-order valence-corrected chi connectivity index (χ3v) is 3.32. The molecule has 0 aromatic heterocycles. The van der Waals surface area contributed by atoms with E-state index in [1.807, 2.05) is 23.9 Å². The second-order valence-electron chi connectivity index (χ2n) is 4.08. The van der Waals surface area contributed by atoms with Crippen LogP contribution in [0.1, 0.15) is 26.3 Å². The van der Waals surface area contributed by atoms with Gasteiger partial charge >= 0.3 is 0 Å². The van der Waals surface area contributed by atoms with Crippen molar-refractivity contribution >= 4 is 23.4 Å². The van der Waals surface area contributed by atoms with Crippen LogP contribution in [0.25, 0.3) is 0 Å². The Morgan fingerprint density at radius 1 is 1.23 bits per heavy atom. The van der Waals surface area contributed by atoms with E-state index < -0.39 is 0 Å². The highest BCUT2D eigenvalue weighted by molar-refractivity contribution is 8.00. The van der Waals surface area contributed by atoms with E-state index in [-0.39, 0.29) is 4.75 Å². The monoisotopic (exact) mass is 214 g/mol. The third-order valence-electron chi connectivity index (χ3n) is 1.63. The first-order valence-electron chi connectivity index (χ1n) is 4.34. The summed E-state index contributed by atoms with van der Waals surface area (Å²) in [5.41, 5.74) is 1.18. The molecule has 0 nitrogen and oxygen atoms in total. The lowest BCUT2D eigenvalue weighted by molar-refractivity contribution is 0.802. The fraction of sp³-hybridized carbons (Fsp3) is 0.455. The van der Waals surface area contributed by atoms with Crippen molar-refractivity contribution in [3.05, 3.63) is 28.8 Å². The predicted molar refractivity (Wildman–Crippen MR) is 61.8 cm³/mol. The Morgan fingerprint density at radius 2 is 1.85 bits per heavy atom. The molecule has 0 fully saturated rings. The molecule has 0 N–H and O–H groups in total. The molecule has 1 rings (SSSR count). The first-order valence-corrected chi connectivity index (χ1v) is 5.54. The van der Waals surface area contributed by atoms with Crippen molar-refractivity contribution in [3.8, 4) is 0 Å². The summed E-state index contributed by atoms with van der Waals surface area (Å²) in [5.74, 6) is 0. The van der Waals surface area contributed by atoms with E-state index in [1.165, 1.54) is 10.5 Å². The zero-order valence-electron chi connectivity index (χ0n) is 8.52. The molecule has 0 spiro atoms. The van der Waals surface area contributed by atoms with E-state index in [9.17, 15) is 0 Å². The molecule has 13 heavy (non-hydrogen) atoms. The molecule has 0 amide bonds. The summed E-state index contributed by atoms with van der Waals surface area (Å²) in [4.78, 5) is 1.28. The SMILES string of the molecule is Cc1c(Cl)cccc1SC(C)(C)C. The van der Waals surface area contributed by atoms with Crippen molar-refractivity contribution in [2.24, 2.45) is 0 Å². The molecule has 0 aliphatic heterocycles. The average Bonchev–Trinajstić information content (AvgIpc) is 1.96. The Labute approximate surface area is 89.7 Å². The van der Waals surface area contributed by atoms with Crippen LogP contribution in [-0.4, -0.2) is 4.75 Å². The van der Waals surface area contributed by atoms with Gasteiger partial charge in [0.15, 0.2) is 0 Å². The van der Waals surface area contributed by atoms with Crippen molar-refractivity contribution in [2.45, 2.75) is 37.3 Å². The van der Waals surface area contributed by atoms with E-state index in [0.29, 0.717) is 0 Å². The zero-order valence-corrected chi connectivity index (χ0v) is 10.1. The quantitative estimate of drug-likeness (QED) is 0.619. The molecule has 0 radical (unpaired) electrons. The Balaban J connectivity index is 2.96. The van der Waals surface area contributed by atoms with Crippen LogP contribution in [0.2, 0.25) is 5.02 Å². The van der Waals surface area contributed by atoms with Crippen LogP contribution in [0.5, 0.6) is 0 Å². The zero-order chi connectivity index (χ0) is 10.1. The molecular formula is C11H15ClS. The maximum absolute atomic E-state index is 6.03. The lowest BCUT2D eigenvalue weighted by atomic mass is 10.2. The normalized spacial score (nSPS) is 11.8. The molecule has 0 saturated heterocycles. The summed E-state index contributed by atoms with van der Waals surface area (Å²) in [5, 5.41) is 0.856. The van der Waals surface area contributed by atoms with Gasteiger partial charge in [-0.25, -0.2) is 0 Å². The van der Waals surface area contributed by atoms with Gasteiger partial charge in [-0.3, -0.25) is 0 Å². The summed E-state index contributed by atoms with van der Waals surface area (Å²) in [7, 11) is 0. The molecule has 2 heteroatoms. The van der Waals surface area contributed by atoms with Gasteiger partial charge in [-0.2, -0.15) is 0 Å². The minimum absolute atomic E-state index is 0.245. The highest BCUT2D eigenvalue weighted by Gasteiger charge is 2.14. The number of halogens is 1. The van der Waals surface area contributed by atoms with Crippen molar-refractivity contribution in [1.82, 2.24) is 0 Å². The smallest absolute Gasteiger partial charge is 0.0446 e. The lowest BCUT2D eigenvalue weighted by Gasteiger charge is -2.19.